The highest BCUT2D eigenvalue weighted by molar-refractivity contribution is 6.03. The number of ether oxygens (including phenoxy) is 1. The second kappa shape index (κ2) is 10.2. The van der Waals surface area contributed by atoms with Crippen molar-refractivity contribution in [1.29, 1.82) is 0 Å². The third-order valence-electron chi connectivity index (χ3n) is 5.74. The molecule has 4 rings (SSSR count). The number of aromatic nitrogens is 3. The Morgan fingerprint density at radius 1 is 1.00 bits per heavy atom. The van der Waals surface area contributed by atoms with Crippen LogP contribution in [0.15, 0.2) is 66.7 Å². The van der Waals surface area contributed by atoms with Crippen molar-refractivity contribution in [2.24, 2.45) is 0 Å². The number of nitrogens with one attached hydrogen (secondary N) is 1. The van der Waals surface area contributed by atoms with Gasteiger partial charge in [-0.3, -0.25) is 4.79 Å². The topological polar surface area (TPSA) is 72.3 Å². The zero-order valence-corrected chi connectivity index (χ0v) is 19.9. The first-order valence-corrected chi connectivity index (χ1v) is 11.4. The Kier molecular flexibility index (Phi) is 6.92. The molecule has 174 valence electrons. The van der Waals surface area contributed by atoms with Crippen LogP contribution in [0.25, 0.3) is 22.8 Å². The average Bonchev–Trinajstić information content (AvgIpc) is 3.27. The molecule has 0 fully saturated rings. The number of amides is 1. The number of hydrogen-bond donors (Lipinski definition) is 1. The number of anilines is 2. The van der Waals surface area contributed by atoms with E-state index < -0.39 is 0 Å². The SMILES string of the molecule is CCN(CC)c1ccc(-n2nc3cc(C)c(NC(=O)/C=C/c4ccc(OC)cc4)cc3n2)cc1. The Labute approximate surface area is 199 Å². The van der Waals surface area contributed by atoms with Crippen LogP contribution < -0.4 is 15.0 Å². The van der Waals surface area contributed by atoms with E-state index in [2.05, 4.69) is 46.4 Å². The summed E-state index contributed by atoms with van der Waals surface area (Å²) in [5.41, 5.74) is 6.10. The van der Waals surface area contributed by atoms with Crippen LogP contribution in [0.5, 0.6) is 5.75 Å². The van der Waals surface area contributed by atoms with Gasteiger partial charge in [-0.2, -0.15) is 4.80 Å². The minimum absolute atomic E-state index is 0.211. The maximum atomic E-state index is 12.5. The molecule has 0 saturated carbocycles. The van der Waals surface area contributed by atoms with E-state index in [4.69, 9.17) is 4.74 Å². The number of rotatable bonds is 8. The molecule has 7 heteroatoms. The molecule has 3 aromatic carbocycles. The van der Waals surface area contributed by atoms with Crippen LogP contribution in [0.4, 0.5) is 11.4 Å². The highest BCUT2D eigenvalue weighted by Gasteiger charge is 2.10. The van der Waals surface area contributed by atoms with E-state index in [1.54, 1.807) is 18.0 Å². The molecule has 4 aromatic rings. The summed E-state index contributed by atoms with van der Waals surface area (Å²) in [5.74, 6) is 0.566. The third-order valence-corrected chi connectivity index (χ3v) is 5.74. The van der Waals surface area contributed by atoms with Gasteiger partial charge in [0.1, 0.15) is 16.8 Å². The molecule has 0 radical (unpaired) electrons. The fraction of sp³-hybridized carbons (Fsp3) is 0.222. The van der Waals surface area contributed by atoms with Crippen LogP contribution >= 0.6 is 0 Å². The van der Waals surface area contributed by atoms with Gasteiger partial charge in [-0.05, 0) is 86.5 Å². The number of methoxy groups -OCH3 is 1. The summed E-state index contributed by atoms with van der Waals surface area (Å²) in [4.78, 5) is 16.4. The maximum absolute atomic E-state index is 12.5. The minimum Gasteiger partial charge on any atom is -0.497 e. The van der Waals surface area contributed by atoms with Crippen molar-refractivity contribution in [2.75, 3.05) is 30.4 Å². The number of aryl methyl sites for hydroxylation is 1. The summed E-state index contributed by atoms with van der Waals surface area (Å²) in [7, 11) is 1.62. The third kappa shape index (κ3) is 5.09. The van der Waals surface area contributed by atoms with E-state index in [0.29, 0.717) is 11.2 Å². The van der Waals surface area contributed by atoms with Crippen LogP contribution in [0.2, 0.25) is 0 Å². The molecule has 34 heavy (non-hydrogen) atoms. The fourth-order valence-electron chi connectivity index (χ4n) is 3.76. The largest absolute Gasteiger partial charge is 0.497 e. The quantitative estimate of drug-likeness (QED) is 0.368. The molecule has 0 atom stereocenters. The Morgan fingerprint density at radius 2 is 1.65 bits per heavy atom. The molecule has 0 saturated heterocycles. The number of carbonyl (C=O) groups excluding carboxylic acids is 1. The zero-order valence-electron chi connectivity index (χ0n) is 19.9. The van der Waals surface area contributed by atoms with Crippen LogP contribution in [0.1, 0.15) is 25.0 Å². The zero-order chi connectivity index (χ0) is 24.1. The molecule has 1 heterocycles. The van der Waals surface area contributed by atoms with Gasteiger partial charge in [0.2, 0.25) is 5.91 Å². The van der Waals surface area contributed by atoms with Gasteiger partial charge in [0.05, 0.1) is 12.8 Å². The summed E-state index contributed by atoms with van der Waals surface area (Å²) in [5, 5.41) is 12.2. The van der Waals surface area contributed by atoms with E-state index >= 15 is 0 Å². The van der Waals surface area contributed by atoms with Crippen molar-refractivity contribution < 1.29 is 9.53 Å². The highest BCUT2D eigenvalue weighted by atomic mass is 16.5. The Hall–Kier alpha value is -4.13. The number of carbonyl (C=O) groups is 1. The molecule has 1 N–H and O–H groups in total. The van der Waals surface area contributed by atoms with Crippen molar-refractivity contribution in [3.8, 4) is 11.4 Å². The molecule has 0 spiro atoms. The van der Waals surface area contributed by atoms with Gasteiger partial charge in [0.15, 0.2) is 0 Å². The molecular formula is C27H29N5O2. The fourth-order valence-corrected chi connectivity index (χ4v) is 3.76. The molecule has 0 aliphatic carbocycles. The molecule has 0 aliphatic rings. The van der Waals surface area contributed by atoms with Gasteiger partial charge in [-0.15, -0.1) is 10.2 Å². The molecule has 0 aliphatic heterocycles. The van der Waals surface area contributed by atoms with Crippen molar-refractivity contribution >= 4 is 34.4 Å². The van der Waals surface area contributed by atoms with Crippen LogP contribution in [0, 0.1) is 6.92 Å². The molecule has 7 nitrogen and oxygen atoms in total. The summed E-state index contributed by atoms with van der Waals surface area (Å²) in [6, 6.07) is 19.5. The molecular weight excluding hydrogens is 426 g/mol. The van der Waals surface area contributed by atoms with E-state index in [1.165, 1.54) is 11.8 Å². The average molecular weight is 456 g/mol. The van der Waals surface area contributed by atoms with Gasteiger partial charge >= 0.3 is 0 Å². The number of benzene rings is 3. The first kappa shape index (κ1) is 23.0. The lowest BCUT2D eigenvalue weighted by Crippen LogP contribution is -2.21. The molecule has 0 unspecified atom stereocenters. The van der Waals surface area contributed by atoms with E-state index in [1.807, 2.05) is 55.5 Å². The smallest absolute Gasteiger partial charge is 0.248 e. The summed E-state index contributed by atoms with van der Waals surface area (Å²) < 4.78 is 5.16. The molecule has 1 amide bonds. The van der Waals surface area contributed by atoms with E-state index in [9.17, 15) is 4.79 Å². The van der Waals surface area contributed by atoms with Crippen LogP contribution in [-0.4, -0.2) is 41.1 Å². The number of fused-ring (bicyclic) bond motifs is 1. The van der Waals surface area contributed by atoms with E-state index in [0.717, 1.165) is 41.2 Å². The molecule has 1 aromatic heterocycles. The van der Waals surface area contributed by atoms with Crippen molar-refractivity contribution in [2.45, 2.75) is 20.8 Å². The van der Waals surface area contributed by atoms with Crippen LogP contribution in [-0.2, 0) is 4.79 Å². The summed E-state index contributed by atoms with van der Waals surface area (Å²) in [6.07, 6.45) is 3.28. The molecule has 0 bridgehead atoms. The lowest BCUT2D eigenvalue weighted by atomic mass is 10.1. The monoisotopic (exact) mass is 455 g/mol. The van der Waals surface area contributed by atoms with E-state index in [-0.39, 0.29) is 5.91 Å². The van der Waals surface area contributed by atoms with Crippen LogP contribution in [0.3, 0.4) is 0 Å². The van der Waals surface area contributed by atoms with Crippen molar-refractivity contribution in [1.82, 2.24) is 15.0 Å². The van der Waals surface area contributed by atoms with Crippen molar-refractivity contribution in [3.05, 3.63) is 77.9 Å². The second-order valence-electron chi connectivity index (χ2n) is 7.93. The second-order valence-corrected chi connectivity index (χ2v) is 7.93. The maximum Gasteiger partial charge on any atom is 0.248 e. The van der Waals surface area contributed by atoms with Gasteiger partial charge in [0.25, 0.3) is 0 Å². The Morgan fingerprint density at radius 3 is 2.26 bits per heavy atom. The van der Waals surface area contributed by atoms with Gasteiger partial charge < -0.3 is 15.0 Å². The summed E-state index contributed by atoms with van der Waals surface area (Å²) >= 11 is 0. The lowest BCUT2D eigenvalue weighted by Gasteiger charge is -2.20. The number of hydrogen-bond acceptors (Lipinski definition) is 5. The standard InChI is InChI=1S/C27H29N5O2/c1-5-31(6-2)21-10-12-22(13-11-21)32-29-25-17-19(3)24(18-26(25)30-32)28-27(33)16-9-20-7-14-23(34-4)15-8-20/h7-18H,5-6H2,1-4H3,(H,28,33)/b16-9+. The first-order valence-electron chi connectivity index (χ1n) is 11.4. The van der Waals surface area contributed by atoms with Gasteiger partial charge in [-0.1, -0.05) is 12.1 Å². The first-order chi connectivity index (χ1) is 16.5. The predicted octanol–water partition coefficient (Wildman–Crippen LogP) is 5.24. The lowest BCUT2D eigenvalue weighted by molar-refractivity contribution is -0.111. The number of nitrogens with zero attached hydrogens (tertiary/aromatic N) is 4. The predicted molar refractivity (Wildman–Crippen MR) is 138 cm³/mol. The van der Waals surface area contributed by atoms with Gasteiger partial charge in [-0.25, -0.2) is 0 Å². The summed E-state index contributed by atoms with van der Waals surface area (Å²) in [6.45, 7) is 8.16. The van der Waals surface area contributed by atoms with Gasteiger partial charge in [0, 0.05) is 30.5 Å². The normalized spacial score (nSPS) is 11.2. The minimum atomic E-state index is -0.211. The highest BCUT2D eigenvalue weighted by Crippen LogP contribution is 2.23. The van der Waals surface area contributed by atoms with Crippen molar-refractivity contribution in [3.63, 3.8) is 0 Å². The Bertz CT molecular complexity index is 1300. The Balaban J connectivity index is 1.51.